The van der Waals surface area contributed by atoms with Gasteiger partial charge < -0.3 is 21.9 Å². The van der Waals surface area contributed by atoms with E-state index in [0.29, 0.717) is 5.69 Å². The molecule has 1 aromatic rings. The number of amides is 2. The van der Waals surface area contributed by atoms with Crippen molar-refractivity contribution in [3.8, 4) is 0 Å². The molecule has 6 heteroatoms. The van der Waals surface area contributed by atoms with Gasteiger partial charge >= 0.3 is 0 Å². The first-order valence-electron chi connectivity index (χ1n) is 6.07. The summed E-state index contributed by atoms with van der Waals surface area (Å²) in [5.41, 5.74) is 11.5. The molecule has 1 unspecified atom stereocenters. The molecular weight excluding hydrogens is 246 g/mol. The zero-order chi connectivity index (χ0) is 14.0. The van der Waals surface area contributed by atoms with Gasteiger partial charge in [-0.1, -0.05) is 12.1 Å². The summed E-state index contributed by atoms with van der Waals surface area (Å²) in [6, 6.07) is 7.15. The van der Waals surface area contributed by atoms with E-state index >= 15 is 0 Å². The number of carbonyl (C=O) groups excluding carboxylic acids is 2. The van der Waals surface area contributed by atoms with E-state index in [2.05, 4.69) is 5.32 Å². The van der Waals surface area contributed by atoms with Crippen LogP contribution in [0.1, 0.15) is 18.4 Å². The van der Waals surface area contributed by atoms with E-state index in [0.717, 1.165) is 18.4 Å². The standard InChI is InChI=1S/C13H17N3O3/c14-9-3-1-8(2-4-9)13(5-6-13)12(19)16-7-10(17)11(15)18/h1-4,10,17H,5-7,14H2,(H2,15,18)(H,16,19). The molecule has 0 radical (unpaired) electrons. The van der Waals surface area contributed by atoms with Crippen LogP contribution in [0, 0.1) is 0 Å². The topological polar surface area (TPSA) is 118 Å². The maximum Gasteiger partial charge on any atom is 0.248 e. The number of hydrogen-bond acceptors (Lipinski definition) is 4. The second-order valence-electron chi connectivity index (χ2n) is 4.83. The van der Waals surface area contributed by atoms with Gasteiger partial charge in [0.25, 0.3) is 0 Å². The number of nitrogen functional groups attached to an aromatic ring is 1. The van der Waals surface area contributed by atoms with Gasteiger partial charge in [-0.15, -0.1) is 0 Å². The fourth-order valence-electron chi connectivity index (χ4n) is 2.03. The van der Waals surface area contributed by atoms with E-state index < -0.39 is 17.4 Å². The van der Waals surface area contributed by atoms with Gasteiger partial charge in [-0.25, -0.2) is 0 Å². The number of benzene rings is 1. The van der Waals surface area contributed by atoms with Crippen molar-refractivity contribution < 1.29 is 14.7 Å². The summed E-state index contributed by atoms with van der Waals surface area (Å²) >= 11 is 0. The molecule has 0 aliphatic heterocycles. The Labute approximate surface area is 110 Å². The van der Waals surface area contributed by atoms with Crippen molar-refractivity contribution in [1.29, 1.82) is 0 Å². The summed E-state index contributed by atoms with van der Waals surface area (Å²) in [5.74, 6) is -1.05. The molecule has 1 atom stereocenters. The summed E-state index contributed by atoms with van der Waals surface area (Å²) in [6.07, 6.45) is 0.136. The molecule has 0 heterocycles. The molecule has 6 nitrogen and oxygen atoms in total. The van der Waals surface area contributed by atoms with Gasteiger partial charge in [0.2, 0.25) is 11.8 Å². The third-order valence-electron chi connectivity index (χ3n) is 3.43. The second-order valence-corrected chi connectivity index (χ2v) is 4.83. The van der Waals surface area contributed by atoms with Gasteiger partial charge in [0.1, 0.15) is 6.10 Å². The van der Waals surface area contributed by atoms with Crippen LogP contribution in [-0.2, 0) is 15.0 Å². The van der Waals surface area contributed by atoms with Crippen molar-refractivity contribution in [2.75, 3.05) is 12.3 Å². The zero-order valence-corrected chi connectivity index (χ0v) is 10.4. The van der Waals surface area contributed by atoms with Gasteiger partial charge in [-0.05, 0) is 30.5 Å². The van der Waals surface area contributed by atoms with E-state index in [-0.39, 0.29) is 12.5 Å². The Bertz CT molecular complexity index is 494. The third kappa shape index (κ3) is 2.68. The van der Waals surface area contributed by atoms with Crippen LogP contribution in [-0.4, -0.2) is 29.6 Å². The van der Waals surface area contributed by atoms with Crippen LogP contribution < -0.4 is 16.8 Å². The minimum absolute atomic E-state index is 0.162. The fraction of sp³-hybridized carbons (Fsp3) is 0.385. The van der Waals surface area contributed by atoms with Crippen molar-refractivity contribution in [3.63, 3.8) is 0 Å². The lowest BCUT2D eigenvalue weighted by atomic mass is 9.94. The van der Waals surface area contributed by atoms with Gasteiger partial charge in [-0.3, -0.25) is 9.59 Å². The normalized spacial score (nSPS) is 17.5. The molecule has 1 aliphatic carbocycles. The van der Waals surface area contributed by atoms with Crippen LogP contribution in [0.3, 0.4) is 0 Å². The Morgan fingerprint density at radius 3 is 2.37 bits per heavy atom. The maximum atomic E-state index is 12.1. The first-order chi connectivity index (χ1) is 8.95. The highest BCUT2D eigenvalue weighted by Crippen LogP contribution is 2.48. The quantitative estimate of drug-likeness (QED) is 0.523. The van der Waals surface area contributed by atoms with Crippen LogP contribution in [0.15, 0.2) is 24.3 Å². The average molecular weight is 263 g/mol. The molecule has 6 N–H and O–H groups in total. The van der Waals surface area contributed by atoms with Crippen molar-refractivity contribution >= 4 is 17.5 Å². The Kier molecular flexibility index (Phi) is 3.44. The zero-order valence-electron chi connectivity index (χ0n) is 10.4. The van der Waals surface area contributed by atoms with Crippen LogP contribution in [0.2, 0.25) is 0 Å². The van der Waals surface area contributed by atoms with E-state index in [1.165, 1.54) is 0 Å². The number of aliphatic hydroxyl groups excluding tert-OH is 1. The van der Waals surface area contributed by atoms with Gasteiger partial charge in [0.05, 0.1) is 12.0 Å². The highest BCUT2D eigenvalue weighted by molar-refractivity contribution is 5.91. The molecule has 0 bridgehead atoms. The summed E-state index contributed by atoms with van der Waals surface area (Å²) in [4.78, 5) is 22.8. The van der Waals surface area contributed by atoms with Crippen molar-refractivity contribution in [2.24, 2.45) is 5.73 Å². The van der Waals surface area contributed by atoms with E-state index in [4.69, 9.17) is 11.5 Å². The summed E-state index contributed by atoms with van der Waals surface area (Å²) < 4.78 is 0. The largest absolute Gasteiger partial charge is 0.399 e. The molecule has 1 saturated carbocycles. The lowest BCUT2D eigenvalue weighted by Crippen LogP contribution is -2.43. The molecule has 0 aromatic heterocycles. The molecule has 1 fully saturated rings. The van der Waals surface area contributed by atoms with E-state index in [1.54, 1.807) is 12.1 Å². The molecule has 2 rings (SSSR count). The lowest BCUT2D eigenvalue weighted by molar-refractivity contribution is -0.127. The summed E-state index contributed by atoms with van der Waals surface area (Å²) in [6.45, 7) is -0.162. The Morgan fingerprint density at radius 2 is 1.89 bits per heavy atom. The summed E-state index contributed by atoms with van der Waals surface area (Å²) in [5, 5.41) is 11.8. The SMILES string of the molecule is NC(=O)C(O)CNC(=O)C1(c2ccc(N)cc2)CC1. The number of rotatable bonds is 5. The first-order valence-corrected chi connectivity index (χ1v) is 6.07. The second kappa shape index (κ2) is 4.89. The Morgan fingerprint density at radius 1 is 1.32 bits per heavy atom. The number of aliphatic hydroxyl groups is 1. The molecule has 19 heavy (non-hydrogen) atoms. The number of anilines is 1. The van der Waals surface area contributed by atoms with E-state index in [9.17, 15) is 14.7 Å². The van der Waals surface area contributed by atoms with Crippen LogP contribution >= 0.6 is 0 Å². The number of carbonyl (C=O) groups is 2. The minimum atomic E-state index is -1.36. The molecule has 1 aliphatic rings. The number of primary amides is 1. The first kappa shape index (κ1) is 13.4. The number of nitrogens with one attached hydrogen (secondary N) is 1. The Hall–Kier alpha value is -2.08. The molecular formula is C13H17N3O3. The van der Waals surface area contributed by atoms with E-state index in [1.807, 2.05) is 12.1 Å². The molecule has 1 aromatic carbocycles. The van der Waals surface area contributed by atoms with Crippen LogP contribution in [0.5, 0.6) is 0 Å². The van der Waals surface area contributed by atoms with Crippen LogP contribution in [0.25, 0.3) is 0 Å². The van der Waals surface area contributed by atoms with Crippen LogP contribution in [0.4, 0.5) is 5.69 Å². The number of hydrogen-bond donors (Lipinski definition) is 4. The third-order valence-corrected chi connectivity index (χ3v) is 3.43. The van der Waals surface area contributed by atoms with Crippen molar-refractivity contribution in [3.05, 3.63) is 29.8 Å². The minimum Gasteiger partial charge on any atom is -0.399 e. The smallest absolute Gasteiger partial charge is 0.248 e. The van der Waals surface area contributed by atoms with Gasteiger partial charge in [0.15, 0.2) is 0 Å². The molecule has 0 saturated heterocycles. The number of nitrogens with two attached hydrogens (primary N) is 2. The maximum absolute atomic E-state index is 12.1. The lowest BCUT2D eigenvalue weighted by Gasteiger charge is -2.17. The van der Waals surface area contributed by atoms with Crippen molar-refractivity contribution in [2.45, 2.75) is 24.4 Å². The predicted molar refractivity (Wildman–Crippen MR) is 70.0 cm³/mol. The highest BCUT2D eigenvalue weighted by atomic mass is 16.3. The Balaban J connectivity index is 2.02. The average Bonchev–Trinajstić information content (AvgIpc) is 3.17. The predicted octanol–water partition coefficient (Wildman–Crippen LogP) is -0.737. The van der Waals surface area contributed by atoms with Crippen molar-refractivity contribution in [1.82, 2.24) is 5.32 Å². The van der Waals surface area contributed by atoms with Gasteiger partial charge in [0, 0.05) is 5.69 Å². The molecule has 102 valence electrons. The monoisotopic (exact) mass is 263 g/mol. The summed E-state index contributed by atoms with van der Waals surface area (Å²) in [7, 11) is 0. The van der Waals surface area contributed by atoms with Gasteiger partial charge in [-0.2, -0.15) is 0 Å². The molecule has 0 spiro atoms. The fourth-order valence-corrected chi connectivity index (χ4v) is 2.03. The molecule has 2 amide bonds. The highest BCUT2D eigenvalue weighted by Gasteiger charge is 2.51.